The first-order chi connectivity index (χ1) is 18.8. The number of sulfonamides is 1. The molecule has 0 aliphatic carbocycles. The Balaban J connectivity index is 1.59. The van der Waals surface area contributed by atoms with E-state index in [1.165, 1.54) is 23.8 Å². The van der Waals surface area contributed by atoms with Crippen LogP contribution in [0.3, 0.4) is 0 Å². The molecular weight excluding hydrogens is 512 g/mol. The molecule has 7 nitrogen and oxygen atoms in total. The number of allylic oxidation sites excluding steroid dienone is 1. The maximum Gasteiger partial charge on any atom is 0.289 e. The quantitative estimate of drug-likeness (QED) is 0.114. The molecule has 0 aliphatic heterocycles. The van der Waals surface area contributed by atoms with E-state index in [4.69, 9.17) is 0 Å². The summed E-state index contributed by atoms with van der Waals surface area (Å²) in [4.78, 5) is 22.2. The van der Waals surface area contributed by atoms with Crippen molar-refractivity contribution in [3.05, 3.63) is 148 Å². The van der Waals surface area contributed by atoms with Gasteiger partial charge in [0.15, 0.2) is 4.90 Å². The maximum absolute atomic E-state index is 12.6. The zero-order valence-corrected chi connectivity index (χ0v) is 22.0. The molecule has 4 aromatic rings. The van der Waals surface area contributed by atoms with Crippen molar-refractivity contribution in [2.24, 2.45) is 0 Å². The Labute approximate surface area is 227 Å². The summed E-state index contributed by atoms with van der Waals surface area (Å²) in [5, 5.41) is 11.2. The van der Waals surface area contributed by atoms with Gasteiger partial charge in [-0.25, -0.2) is 13.1 Å². The molecule has 196 valence electrons. The Morgan fingerprint density at radius 2 is 1.33 bits per heavy atom. The molecule has 1 N–H and O–H groups in total. The van der Waals surface area contributed by atoms with E-state index >= 15 is 0 Å². The smallest absolute Gasteiger partial charge is 0.269 e. The first kappa shape index (κ1) is 27.2. The highest BCUT2D eigenvalue weighted by Gasteiger charge is 2.26. The van der Waals surface area contributed by atoms with Crippen LogP contribution in [0.15, 0.2) is 120 Å². The van der Waals surface area contributed by atoms with E-state index in [-0.39, 0.29) is 0 Å². The SMILES string of the molecule is CCC(=C(c1ccccc1)c1ccc(C=CC(=O)NS(=O)(=O)c2ccccc2[N+](=O)[O-])cc1)c1ccccc1. The van der Waals surface area contributed by atoms with Gasteiger partial charge < -0.3 is 0 Å². The Bertz CT molecular complexity index is 1640. The van der Waals surface area contributed by atoms with Gasteiger partial charge in [0.2, 0.25) is 0 Å². The van der Waals surface area contributed by atoms with Crippen molar-refractivity contribution in [1.29, 1.82) is 0 Å². The van der Waals surface area contributed by atoms with E-state index in [0.717, 1.165) is 46.9 Å². The average Bonchev–Trinajstić information content (AvgIpc) is 2.96. The largest absolute Gasteiger partial charge is 0.289 e. The summed E-state index contributed by atoms with van der Waals surface area (Å²) < 4.78 is 27.0. The molecule has 0 aliphatic rings. The first-order valence-corrected chi connectivity index (χ1v) is 13.7. The molecule has 0 saturated heterocycles. The van der Waals surface area contributed by atoms with E-state index in [1.807, 2.05) is 65.4 Å². The standard InChI is InChI=1S/C31H26N2O5S/c1-2-27(24-11-5-3-6-12-24)31(25-13-7-4-8-14-25)26-20-17-23(18-21-26)19-22-30(34)32-39(37,38)29-16-10-9-15-28(29)33(35)36/h3-22H,2H2,1H3,(H,32,34). The number of benzene rings is 4. The molecule has 0 saturated carbocycles. The van der Waals surface area contributed by atoms with Crippen molar-refractivity contribution < 1.29 is 18.1 Å². The third-order valence-corrected chi connectivity index (χ3v) is 7.45. The number of nitrogens with one attached hydrogen (secondary N) is 1. The van der Waals surface area contributed by atoms with Crippen LogP contribution in [0.4, 0.5) is 5.69 Å². The molecule has 0 atom stereocenters. The van der Waals surface area contributed by atoms with Crippen LogP contribution >= 0.6 is 0 Å². The third kappa shape index (κ3) is 6.55. The Morgan fingerprint density at radius 1 is 0.795 bits per heavy atom. The summed E-state index contributed by atoms with van der Waals surface area (Å²) in [5.41, 5.74) is 5.60. The number of amides is 1. The molecule has 0 heterocycles. The van der Waals surface area contributed by atoms with Gasteiger partial charge in [-0.3, -0.25) is 14.9 Å². The number of hydrogen-bond donors (Lipinski definition) is 1. The van der Waals surface area contributed by atoms with Gasteiger partial charge >= 0.3 is 0 Å². The summed E-state index contributed by atoms with van der Waals surface area (Å²) in [5.74, 6) is -0.917. The van der Waals surface area contributed by atoms with Crippen molar-refractivity contribution in [3.63, 3.8) is 0 Å². The predicted molar refractivity (Wildman–Crippen MR) is 153 cm³/mol. The molecule has 0 radical (unpaired) electrons. The molecule has 0 fully saturated rings. The van der Waals surface area contributed by atoms with Gasteiger partial charge in [0.1, 0.15) is 0 Å². The van der Waals surface area contributed by atoms with Crippen LogP contribution in [0.25, 0.3) is 17.2 Å². The monoisotopic (exact) mass is 538 g/mol. The molecule has 0 bridgehead atoms. The van der Waals surface area contributed by atoms with E-state index in [2.05, 4.69) is 31.2 Å². The van der Waals surface area contributed by atoms with Crippen molar-refractivity contribution in [1.82, 2.24) is 4.72 Å². The van der Waals surface area contributed by atoms with Crippen molar-refractivity contribution in [2.75, 3.05) is 0 Å². The topological polar surface area (TPSA) is 106 Å². The van der Waals surface area contributed by atoms with E-state index in [9.17, 15) is 23.3 Å². The zero-order valence-electron chi connectivity index (χ0n) is 21.2. The number of para-hydroxylation sites is 1. The number of carbonyl (C=O) groups is 1. The highest BCUT2D eigenvalue weighted by atomic mass is 32.2. The summed E-state index contributed by atoms with van der Waals surface area (Å²) in [6.45, 7) is 2.12. The highest BCUT2D eigenvalue weighted by molar-refractivity contribution is 7.90. The molecule has 4 rings (SSSR count). The van der Waals surface area contributed by atoms with Gasteiger partial charge in [0.05, 0.1) is 4.92 Å². The van der Waals surface area contributed by atoms with Crippen molar-refractivity contribution in [2.45, 2.75) is 18.2 Å². The number of nitrogens with zero attached hydrogens (tertiary/aromatic N) is 1. The Morgan fingerprint density at radius 3 is 1.92 bits per heavy atom. The average molecular weight is 539 g/mol. The van der Waals surface area contributed by atoms with Gasteiger partial charge in [-0.05, 0) is 52.0 Å². The number of hydrogen-bond acceptors (Lipinski definition) is 5. The second kappa shape index (κ2) is 12.1. The minimum Gasteiger partial charge on any atom is -0.269 e. The fraction of sp³-hybridized carbons (Fsp3) is 0.0645. The fourth-order valence-electron chi connectivity index (χ4n) is 4.27. The molecule has 0 spiro atoms. The lowest BCUT2D eigenvalue weighted by Crippen LogP contribution is -2.29. The second-order valence-corrected chi connectivity index (χ2v) is 10.2. The summed E-state index contributed by atoms with van der Waals surface area (Å²) in [6.07, 6.45) is 3.39. The molecule has 39 heavy (non-hydrogen) atoms. The second-order valence-electron chi connectivity index (χ2n) is 8.59. The van der Waals surface area contributed by atoms with Crippen LogP contribution in [0.5, 0.6) is 0 Å². The van der Waals surface area contributed by atoms with Gasteiger partial charge in [-0.15, -0.1) is 0 Å². The van der Waals surface area contributed by atoms with Crippen LogP contribution < -0.4 is 4.72 Å². The van der Waals surface area contributed by atoms with E-state index in [1.54, 1.807) is 0 Å². The minimum absolute atomic E-state index is 0.577. The lowest BCUT2D eigenvalue weighted by molar-refractivity contribution is -0.387. The van der Waals surface area contributed by atoms with E-state index < -0.39 is 31.4 Å². The zero-order chi connectivity index (χ0) is 27.8. The molecule has 8 heteroatoms. The highest BCUT2D eigenvalue weighted by Crippen LogP contribution is 2.34. The van der Waals surface area contributed by atoms with Gasteiger partial charge in [-0.2, -0.15) is 0 Å². The van der Waals surface area contributed by atoms with Crippen LogP contribution in [0.2, 0.25) is 0 Å². The first-order valence-electron chi connectivity index (χ1n) is 12.2. The Kier molecular flexibility index (Phi) is 8.48. The molecule has 1 amide bonds. The summed E-state index contributed by atoms with van der Waals surface area (Å²) in [6, 6.07) is 32.8. The normalized spacial score (nSPS) is 12.1. The lowest BCUT2D eigenvalue weighted by atomic mass is 9.88. The van der Waals surface area contributed by atoms with E-state index in [0.29, 0.717) is 5.56 Å². The van der Waals surface area contributed by atoms with Gasteiger partial charge in [0.25, 0.3) is 21.6 Å². The number of nitro benzene ring substituents is 1. The molecule has 0 unspecified atom stereocenters. The van der Waals surface area contributed by atoms with Crippen molar-refractivity contribution >= 4 is 38.8 Å². The van der Waals surface area contributed by atoms with Crippen molar-refractivity contribution in [3.8, 4) is 0 Å². The van der Waals surface area contributed by atoms with Gasteiger partial charge in [-0.1, -0.05) is 104 Å². The minimum atomic E-state index is -4.43. The maximum atomic E-state index is 12.6. The molecular formula is C31H26N2O5S. The fourth-order valence-corrected chi connectivity index (χ4v) is 5.39. The number of nitro groups is 1. The van der Waals surface area contributed by atoms with Crippen LogP contribution in [0, 0.1) is 10.1 Å². The Hall–Kier alpha value is -4.82. The van der Waals surface area contributed by atoms with Gasteiger partial charge in [0, 0.05) is 12.1 Å². The predicted octanol–water partition coefficient (Wildman–Crippen LogP) is 6.48. The molecule has 4 aromatic carbocycles. The lowest BCUT2D eigenvalue weighted by Gasteiger charge is -2.16. The van der Waals surface area contributed by atoms with Crippen LogP contribution in [0.1, 0.15) is 35.6 Å². The van der Waals surface area contributed by atoms with Crippen LogP contribution in [-0.2, 0) is 14.8 Å². The molecule has 0 aromatic heterocycles. The summed E-state index contributed by atoms with van der Waals surface area (Å²) in [7, 11) is -4.43. The number of carbonyl (C=O) groups excluding carboxylic acids is 1. The summed E-state index contributed by atoms with van der Waals surface area (Å²) >= 11 is 0. The van der Waals surface area contributed by atoms with Crippen LogP contribution in [-0.4, -0.2) is 19.2 Å². The third-order valence-electron chi connectivity index (χ3n) is 6.05. The number of rotatable bonds is 9.